The summed E-state index contributed by atoms with van der Waals surface area (Å²) in [6, 6.07) is 0. The van der Waals surface area contributed by atoms with E-state index in [0.29, 0.717) is 19.3 Å². The number of ether oxygens (including phenoxy) is 1. The molecule has 5 heteroatoms. The molecule has 0 N–H and O–H groups in total. The fraction of sp³-hybridized carbons (Fsp3) is 0.818. The number of alkyl halides is 1. The maximum Gasteiger partial charge on any atom is 0.410 e. The number of hydrogen-bond donors (Lipinski definition) is 0. The zero-order valence-corrected chi connectivity index (χ0v) is 9.90. The summed E-state index contributed by atoms with van der Waals surface area (Å²) in [6.45, 7) is 6.05. The summed E-state index contributed by atoms with van der Waals surface area (Å²) < 4.78 is 18.2. The third kappa shape index (κ3) is 3.47. The first kappa shape index (κ1) is 12.9. The standard InChI is InChI=1S/C11H18FNO3/c1-11(2,3)16-10(15)13-5-4-8(6-13)9(12)7-14/h7-9H,4-6H2,1-3H3. The summed E-state index contributed by atoms with van der Waals surface area (Å²) in [5, 5.41) is 0. The van der Waals surface area contributed by atoms with Crippen molar-refractivity contribution >= 4 is 12.4 Å². The van der Waals surface area contributed by atoms with Crippen molar-refractivity contribution in [1.29, 1.82) is 0 Å². The van der Waals surface area contributed by atoms with Gasteiger partial charge in [0.15, 0.2) is 12.5 Å². The first-order valence-corrected chi connectivity index (χ1v) is 5.41. The second kappa shape index (κ2) is 4.80. The smallest absolute Gasteiger partial charge is 0.410 e. The fourth-order valence-corrected chi connectivity index (χ4v) is 1.65. The summed E-state index contributed by atoms with van der Waals surface area (Å²) in [5.74, 6) is -0.384. The lowest BCUT2D eigenvalue weighted by atomic mass is 10.0. The van der Waals surface area contributed by atoms with E-state index < -0.39 is 17.9 Å². The minimum Gasteiger partial charge on any atom is -0.444 e. The van der Waals surface area contributed by atoms with E-state index in [1.807, 2.05) is 0 Å². The average molecular weight is 231 g/mol. The molecule has 0 radical (unpaired) electrons. The summed E-state index contributed by atoms with van der Waals surface area (Å²) in [7, 11) is 0. The van der Waals surface area contributed by atoms with Gasteiger partial charge >= 0.3 is 6.09 Å². The third-order valence-electron chi connectivity index (χ3n) is 2.46. The van der Waals surface area contributed by atoms with Gasteiger partial charge in [-0.15, -0.1) is 0 Å². The molecule has 1 heterocycles. The van der Waals surface area contributed by atoms with Crippen molar-refractivity contribution in [1.82, 2.24) is 4.90 Å². The molecular formula is C11H18FNO3. The molecule has 2 unspecified atom stereocenters. The predicted molar refractivity (Wildman–Crippen MR) is 56.9 cm³/mol. The first-order chi connectivity index (χ1) is 7.33. The molecule has 1 aliphatic rings. The normalized spacial score (nSPS) is 23.0. The Kier molecular flexibility index (Phi) is 3.88. The van der Waals surface area contributed by atoms with Crippen molar-refractivity contribution < 1.29 is 18.7 Å². The third-order valence-corrected chi connectivity index (χ3v) is 2.46. The highest BCUT2D eigenvalue weighted by molar-refractivity contribution is 5.68. The van der Waals surface area contributed by atoms with Crippen molar-refractivity contribution in [2.75, 3.05) is 13.1 Å². The lowest BCUT2D eigenvalue weighted by molar-refractivity contribution is -0.113. The molecule has 1 aliphatic heterocycles. The van der Waals surface area contributed by atoms with E-state index in [1.165, 1.54) is 4.90 Å². The van der Waals surface area contributed by atoms with Gasteiger partial charge in [0.05, 0.1) is 0 Å². The van der Waals surface area contributed by atoms with Crippen LogP contribution in [0.25, 0.3) is 0 Å². The van der Waals surface area contributed by atoms with Gasteiger partial charge in [0.1, 0.15) is 5.60 Å². The minimum atomic E-state index is -1.48. The highest BCUT2D eigenvalue weighted by Gasteiger charge is 2.33. The molecule has 1 fully saturated rings. The number of hydrogen-bond acceptors (Lipinski definition) is 3. The Morgan fingerprint density at radius 3 is 2.69 bits per heavy atom. The second-order valence-electron chi connectivity index (χ2n) is 5.06. The molecule has 92 valence electrons. The predicted octanol–water partition coefficient (Wildman–Crippen LogP) is 1.78. The molecule has 0 aliphatic carbocycles. The van der Waals surface area contributed by atoms with Crippen LogP contribution >= 0.6 is 0 Å². The molecule has 1 amide bonds. The van der Waals surface area contributed by atoms with E-state index >= 15 is 0 Å². The van der Waals surface area contributed by atoms with Gasteiger partial charge in [0.2, 0.25) is 0 Å². The van der Waals surface area contributed by atoms with Crippen molar-refractivity contribution in [2.45, 2.75) is 39.0 Å². The molecule has 0 bridgehead atoms. The van der Waals surface area contributed by atoms with E-state index in [2.05, 4.69) is 0 Å². The van der Waals surface area contributed by atoms with Crippen LogP contribution in [0.5, 0.6) is 0 Å². The van der Waals surface area contributed by atoms with E-state index in [0.717, 1.165) is 0 Å². The molecule has 0 spiro atoms. The van der Waals surface area contributed by atoms with Crippen molar-refractivity contribution in [2.24, 2.45) is 5.92 Å². The van der Waals surface area contributed by atoms with Crippen LogP contribution < -0.4 is 0 Å². The first-order valence-electron chi connectivity index (χ1n) is 5.41. The Bertz CT molecular complexity index is 275. The largest absolute Gasteiger partial charge is 0.444 e. The Hall–Kier alpha value is -1.13. The van der Waals surface area contributed by atoms with Gasteiger partial charge in [-0.05, 0) is 27.2 Å². The van der Waals surface area contributed by atoms with Crippen LogP contribution in [0.3, 0.4) is 0 Å². The molecule has 1 saturated heterocycles. The van der Waals surface area contributed by atoms with Crippen molar-refractivity contribution in [3.63, 3.8) is 0 Å². The molecule has 1 rings (SSSR count). The van der Waals surface area contributed by atoms with Crippen LogP contribution in [0.2, 0.25) is 0 Å². The Morgan fingerprint density at radius 1 is 1.56 bits per heavy atom. The van der Waals surface area contributed by atoms with Gasteiger partial charge in [0.25, 0.3) is 0 Å². The molecule has 0 aromatic heterocycles. The van der Waals surface area contributed by atoms with Gasteiger partial charge in [-0.2, -0.15) is 0 Å². The second-order valence-corrected chi connectivity index (χ2v) is 5.06. The summed E-state index contributed by atoms with van der Waals surface area (Å²) in [4.78, 5) is 23.3. The van der Waals surface area contributed by atoms with Crippen LogP contribution in [0, 0.1) is 5.92 Å². The maximum atomic E-state index is 13.1. The fourth-order valence-electron chi connectivity index (χ4n) is 1.65. The topological polar surface area (TPSA) is 46.6 Å². The molecule has 0 aromatic rings. The number of carbonyl (C=O) groups excluding carboxylic acids is 2. The van der Waals surface area contributed by atoms with Gasteiger partial charge in [-0.3, -0.25) is 0 Å². The van der Waals surface area contributed by atoms with Crippen LogP contribution in [0.1, 0.15) is 27.2 Å². The monoisotopic (exact) mass is 231 g/mol. The highest BCUT2D eigenvalue weighted by Crippen LogP contribution is 2.22. The maximum absolute atomic E-state index is 13.1. The minimum absolute atomic E-state index is 0.259. The number of amides is 1. The number of halogens is 1. The number of nitrogens with zero attached hydrogens (tertiary/aromatic N) is 1. The van der Waals surface area contributed by atoms with Crippen molar-refractivity contribution in [3.8, 4) is 0 Å². The van der Waals surface area contributed by atoms with Crippen LogP contribution in [-0.2, 0) is 9.53 Å². The zero-order chi connectivity index (χ0) is 12.3. The Balaban J connectivity index is 2.47. The SMILES string of the molecule is CC(C)(C)OC(=O)N1CCC(C(F)C=O)C1. The van der Waals surface area contributed by atoms with E-state index in [-0.39, 0.29) is 12.5 Å². The summed E-state index contributed by atoms with van der Waals surface area (Å²) >= 11 is 0. The van der Waals surface area contributed by atoms with Gasteiger partial charge < -0.3 is 14.4 Å². The number of likely N-dealkylation sites (tertiary alicyclic amines) is 1. The Morgan fingerprint density at radius 2 is 2.19 bits per heavy atom. The quantitative estimate of drug-likeness (QED) is 0.680. The lowest BCUT2D eigenvalue weighted by Crippen LogP contribution is -2.36. The Labute approximate surface area is 94.7 Å². The molecular weight excluding hydrogens is 213 g/mol. The van der Waals surface area contributed by atoms with E-state index in [1.54, 1.807) is 20.8 Å². The van der Waals surface area contributed by atoms with E-state index in [4.69, 9.17) is 4.74 Å². The average Bonchev–Trinajstić information content (AvgIpc) is 2.62. The van der Waals surface area contributed by atoms with E-state index in [9.17, 15) is 14.0 Å². The van der Waals surface area contributed by atoms with Gasteiger partial charge in [-0.25, -0.2) is 9.18 Å². The zero-order valence-electron chi connectivity index (χ0n) is 9.90. The van der Waals surface area contributed by atoms with Crippen LogP contribution in [0.4, 0.5) is 9.18 Å². The van der Waals surface area contributed by atoms with Gasteiger partial charge in [0, 0.05) is 19.0 Å². The summed E-state index contributed by atoms with van der Waals surface area (Å²) in [6.07, 6.45) is -1.11. The highest BCUT2D eigenvalue weighted by atomic mass is 19.1. The number of aldehydes is 1. The van der Waals surface area contributed by atoms with Gasteiger partial charge in [-0.1, -0.05) is 0 Å². The van der Waals surface area contributed by atoms with Crippen LogP contribution in [0.15, 0.2) is 0 Å². The molecule has 0 saturated carbocycles. The lowest BCUT2D eigenvalue weighted by Gasteiger charge is -2.24. The van der Waals surface area contributed by atoms with Crippen LogP contribution in [-0.4, -0.2) is 42.1 Å². The van der Waals surface area contributed by atoms with Crippen molar-refractivity contribution in [3.05, 3.63) is 0 Å². The summed E-state index contributed by atoms with van der Waals surface area (Å²) in [5.41, 5.74) is -0.547. The number of carbonyl (C=O) groups is 2. The molecule has 0 aromatic carbocycles. The molecule has 16 heavy (non-hydrogen) atoms. The number of rotatable bonds is 2. The molecule has 2 atom stereocenters. The molecule has 4 nitrogen and oxygen atoms in total.